The molecule has 1 fully saturated rings. The Morgan fingerprint density at radius 3 is 2.25 bits per heavy atom. The van der Waals surface area contributed by atoms with Crippen molar-refractivity contribution in [3.8, 4) is 0 Å². The Bertz CT molecular complexity index is 107. The molecule has 0 aromatic rings. The van der Waals surface area contributed by atoms with Gasteiger partial charge in [-0.05, 0) is 18.4 Å². The van der Waals surface area contributed by atoms with E-state index in [1.807, 2.05) is 0 Å². The quantitative estimate of drug-likeness (QED) is 0.615. The van der Waals surface area contributed by atoms with E-state index in [4.69, 9.17) is 8.85 Å². The van der Waals surface area contributed by atoms with Crippen LogP contribution >= 0.6 is 0 Å². The molecule has 0 bridgehead atoms. The molecule has 0 aromatic heterocycles. The number of hydrogen-bond acceptors (Lipinski definition) is 2. The maximum absolute atomic E-state index is 5.28. The molecule has 0 aliphatic heterocycles. The molecule has 0 radical (unpaired) electrons. The molecule has 0 N–H and O–H groups in total. The van der Waals surface area contributed by atoms with Crippen LogP contribution < -0.4 is 0 Å². The Labute approximate surface area is 77.1 Å². The largest absolute Gasteiger partial charge is 0.400 e. The van der Waals surface area contributed by atoms with Gasteiger partial charge in [-0.2, -0.15) is 0 Å². The van der Waals surface area contributed by atoms with Crippen molar-refractivity contribution in [3.05, 3.63) is 0 Å². The molecule has 1 saturated carbocycles. The second-order valence-electron chi connectivity index (χ2n) is 3.63. The maximum atomic E-state index is 5.28. The third-order valence-corrected chi connectivity index (χ3v) is 4.67. The molecule has 0 amide bonds. The van der Waals surface area contributed by atoms with Crippen LogP contribution in [0, 0.1) is 5.92 Å². The molecule has 12 heavy (non-hydrogen) atoms. The summed E-state index contributed by atoms with van der Waals surface area (Å²) >= 11 is 0. The van der Waals surface area contributed by atoms with Gasteiger partial charge in [0, 0.05) is 14.2 Å². The fourth-order valence-corrected chi connectivity index (χ4v) is 3.41. The van der Waals surface area contributed by atoms with E-state index in [0.717, 1.165) is 5.92 Å². The molecular formula is C9H20O2Si. The Balaban J connectivity index is 2.06. The Morgan fingerprint density at radius 2 is 1.75 bits per heavy atom. The zero-order valence-corrected chi connectivity index (χ0v) is 9.37. The van der Waals surface area contributed by atoms with Gasteiger partial charge in [0.25, 0.3) is 0 Å². The Kier molecular flexibility index (Phi) is 4.88. The fourth-order valence-electron chi connectivity index (χ4n) is 2.00. The smallest absolute Gasteiger partial charge is 0.320 e. The summed E-state index contributed by atoms with van der Waals surface area (Å²) < 4.78 is 10.6. The highest BCUT2D eigenvalue weighted by molar-refractivity contribution is 6.44. The monoisotopic (exact) mass is 188 g/mol. The van der Waals surface area contributed by atoms with Gasteiger partial charge in [-0.25, -0.2) is 0 Å². The molecule has 0 heterocycles. The van der Waals surface area contributed by atoms with Crippen LogP contribution in [0.4, 0.5) is 0 Å². The lowest BCUT2D eigenvalue weighted by Crippen LogP contribution is -2.19. The topological polar surface area (TPSA) is 18.5 Å². The van der Waals surface area contributed by atoms with Crippen LogP contribution in [0.15, 0.2) is 0 Å². The highest BCUT2D eigenvalue weighted by Crippen LogP contribution is 2.29. The lowest BCUT2D eigenvalue weighted by Gasteiger charge is -2.13. The van der Waals surface area contributed by atoms with Crippen molar-refractivity contribution in [1.82, 2.24) is 0 Å². The van der Waals surface area contributed by atoms with Crippen LogP contribution in [-0.4, -0.2) is 23.5 Å². The summed E-state index contributed by atoms with van der Waals surface area (Å²) in [6.45, 7) is 0. The second kappa shape index (κ2) is 5.73. The minimum atomic E-state index is -1.25. The van der Waals surface area contributed by atoms with Crippen molar-refractivity contribution in [2.24, 2.45) is 5.92 Å². The highest BCUT2D eigenvalue weighted by atomic mass is 28.3. The van der Waals surface area contributed by atoms with Gasteiger partial charge in [0.15, 0.2) is 0 Å². The highest BCUT2D eigenvalue weighted by Gasteiger charge is 2.18. The summed E-state index contributed by atoms with van der Waals surface area (Å²) in [4.78, 5) is 0. The van der Waals surface area contributed by atoms with Crippen LogP contribution in [0.1, 0.15) is 32.1 Å². The van der Waals surface area contributed by atoms with Crippen LogP contribution in [0.25, 0.3) is 0 Å². The van der Waals surface area contributed by atoms with Crippen molar-refractivity contribution in [2.45, 2.75) is 38.1 Å². The third-order valence-electron chi connectivity index (χ3n) is 2.81. The van der Waals surface area contributed by atoms with Crippen molar-refractivity contribution in [3.63, 3.8) is 0 Å². The molecule has 0 unspecified atom stereocenters. The normalized spacial score (nSPS) is 19.2. The van der Waals surface area contributed by atoms with Crippen LogP contribution in [-0.2, 0) is 8.85 Å². The summed E-state index contributed by atoms with van der Waals surface area (Å²) in [5, 5.41) is 0. The van der Waals surface area contributed by atoms with E-state index in [0.29, 0.717) is 0 Å². The van der Waals surface area contributed by atoms with E-state index in [1.54, 1.807) is 14.2 Å². The van der Waals surface area contributed by atoms with Gasteiger partial charge in [0.1, 0.15) is 0 Å². The van der Waals surface area contributed by atoms with Crippen molar-refractivity contribution in [2.75, 3.05) is 14.2 Å². The van der Waals surface area contributed by atoms with Crippen molar-refractivity contribution >= 4 is 9.28 Å². The Morgan fingerprint density at radius 1 is 1.17 bits per heavy atom. The SMILES string of the molecule is CO[SiH](CCC1CCCC1)OC. The lowest BCUT2D eigenvalue weighted by atomic mass is 10.1. The van der Waals surface area contributed by atoms with Gasteiger partial charge >= 0.3 is 9.28 Å². The zero-order chi connectivity index (χ0) is 8.81. The standard InChI is InChI=1S/C9H20O2Si/c1-10-12(11-2)8-7-9-5-3-4-6-9/h9,12H,3-8H2,1-2H3. The van der Waals surface area contributed by atoms with Gasteiger partial charge in [-0.3, -0.25) is 0 Å². The molecule has 3 heteroatoms. The zero-order valence-electron chi connectivity index (χ0n) is 8.21. The molecule has 0 saturated heterocycles. The van der Waals surface area contributed by atoms with Crippen molar-refractivity contribution in [1.29, 1.82) is 0 Å². The first kappa shape index (κ1) is 10.2. The van der Waals surface area contributed by atoms with E-state index in [1.165, 1.54) is 38.1 Å². The van der Waals surface area contributed by atoms with Crippen LogP contribution in [0.3, 0.4) is 0 Å². The van der Waals surface area contributed by atoms with E-state index in [-0.39, 0.29) is 0 Å². The molecule has 72 valence electrons. The average Bonchev–Trinajstić information content (AvgIpc) is 2.59. The lowest BCUT2D eigenvalue weighted by molar-refractivity contribution is 0.273. The van der Waals surface area contributed by atoms with E-state index in [2.05, 4.69) is 0 Å². The minimum Gasteiger partial charge on any atom is -0.400 e. The second-order valence-corrected chi connectivity index (χ2v) is 6.01. The van der Waals surface area contributed by atoms with E-state index >= 15 is 0 Å². The molecule has 2 nitrogen and oxygen atoms in total. The first-order chi connectivity index (χ1) is 5.86. The average molecular weight is 188 g/mol. The van der Waals surface area contributed by atoms with Gasteiger partial charge in [0.2, 0.25) is 0 Å². The molecule has 0 aromatic carbocycles. The Hall–Kier alpha value is 0.137. The van der Waals surface area contributed by atoms with Crippen LogP contribution in [0.2, 0.25) is 6.04 Å². The summed E-state index contributed by atoms with van der Waals surface area (Å²) in [6, 6.07) is 1.19. The maximum Gasteiger partial charge on any atom is 0.320 e. The first-order valence-electron chi connectivity index (χ1n) is 4.92. The first-order valence-corrected chi connectivity index (χ1v) is 6.68. The van der Waals surface area contributed by atoms with E-state index < -0.39 is 9.28 Å². The fraction of sp³-hybridized carbons (Fsp3) is 1.00. The van der Waals surface area contributed by atoms with Gasteiger partial charge in [0.05, 0.1) is 0 Å². The molecular weight excluding hydrogens is 168 g/mol. The summed E-state index contributed by atoms with van der Waals surface area (Å²) in [7, 11) is 2.30. The molecule has 0 spiro atoms. The van der Waals surface area contributed by atoms with Crippen molar-refractivity contribution < 1.29 is 8.85 Å². The predicted octanol–water partition coefficient (Wildman–Crippen LogP) is 2.08. The third kappa shape index (κ3) is 3.25. The molecule has 0 atom stereocenters. The van der Waals surface area contributed by atoms with Gasteiger partial charge in [-0.15, -0.1) is 0 Å². The molecule has 1 aliphatic carbocycles. The summed E-state index contributed by atoms with van der Waals surface area (Å²) in [6.07, 6.45) is 7.09. The number of hydrogen-bond donors (Lipinski definition) is 0. The van der Waals surface area contributed by atoms with Crippen LogP contribution in [0.5, 0.6) is 0 Å². The number of rotatable bonds is 5. The van der Waals surface area contributed by atoms with E-state index in [9.17, 15) is 0 Å². The minimum absolute atomic E-state index is 0.977. The molecule has 1 rings (SSSR count). The van der Waals surface area contributed by atoms with Gasteiger partial charge in [-0.1, -0.05) is 25.7 Å². The predicted molar refractivity (Wildman–Crippen MR) is 52.5 cm³/mol. The summed E-state index contributed by atoms with van der Waals surface area (Å²) in [5.41, 5.74) is 0. The summed E-state index contributed by atoms with van der Waals surface area (Å²) in [5.74, 6) is 0.977. The molecule has 1 aliphatic rings. The van der Waals surface area contributed by atoms with Gasteiger partial charge < -0.3 is 8.85 Å².